The number of imidazole rings is 1. The summed E-state index contributed by atoms with van der Waals surface area (Å²) in [6.07, 6.45) is 0. The fraction of sp³-hybridized carbons (Fsp3) is 0.200. The Morgan fingerprint density at radius 2 is 2.20 bits per heavy atom. The smallest absolute Gasteiger partial charge is 0.237 e. The molecule has 0 aliphatic rings. The molecule has 1 aromatic heterocycles. The summed E-state index contributed by atoms with van der Waals surface area (Å²) in [5, 5.41) is 25.0. The van der Waals surface area contributed by atoms with E-state index in [0.717, 1.165) is 4.73 Å². The molecule has 0 saturated heterocycles. The lowest BCUT2D eigenvalue weighted by Gasteiger charge is -2.05. The number of hydrogen-bond acceptors (Lipinski definition) is 6. The van der Waals surface area contributed by atoms with Crippen molar-refractivity contribution in [3.8, 4) is 0 Å². The number of rotatable bonds is 5. The van der Waals surface area contributed by atoms with Gasteiger partial charge in [-0.05, 0) is 12.1 Å². The zero-order valence-corrected chi connectivity index (χ0v) is 11.2. The van der Waals surface area contributed by atoms with Crippen molar-refractivity contribution >= 4 is 32.8 Å². The van der Waals surface area contributed by atoms with Gasteiger partial charge in [0, 0.05) is 12.1 Å². The summed E-state index contributed by atoms with van der Waals surface area (Å²) >= 11 is 0. The van der Waals surface area contributed by atoms with E-state index in [1.54, 1.807) is 18.2 Å². The van der Waals surface area contributed by atoms with Crippen molar-refractivity contribution in [2.45, 2.75) is 0 Å². The zero-order valence-electron chi connectivity index (χ0n) is 10.4. The molecule has 108 valence electrons. The number of para-hydroxylation sites is 1. The van der Waals surface area contributed by atoms with Crippen LogP contribution in [-0.2, 0) is 10.0 Å². The van der Waals surface area contributed by atoms with Gasteiger partial charge in [0.25, 0.3) is 0 Å². The van der Waals surface area contributed by atoms with E-state index in [2.05, 4.69) is 10.3 Å². The minimum absolute atomic E-state index is 0.00187. The van der Waals surface area contributed by atoms with E-state index in [1.165, 1.54) is 0 Å². The van der Waals surface area contributed by atoms with Crippen molar-refractivity contribution in [1.29, 1.82) is 5.41 Å². The second-order valence-corrected chi connectivity index (χ2v) is 5.86. The van der Waals surface area contributed by atoms with Gasteiger partial charge in [-0.25, -0.2) is 18.5 Å². The second kappa shape index (κ2) is 4.98. The van der Waals surface area contributed by atoms with Crippen LogP contribution in [0.1, 0.15) is 5.56 Å². The highest BCUT2D eigenvalue weighted by Crippen LogP contribution is 2.21. The Kier molecular flexibility index (Phi) is 3.51. The monoisotopic (exact) mass is 298 g/mol. The van der Waals surface area contributed by atoms with E-state index in [-0.39, 0.29) is 29.6 Å². The van der Waals surface area contributed by atoms with Crippen LogP contribution >= 0.6 is 0 Å². The number of nitrogens with zero attached hydrogens (tertiary/aromatic N) is 2. The van der Waals surface area contributed by atoms with E-state index in [1.807, 2.05) is 0 Å². The average molecular weight is 298 g/mol. The van der Waals surface area contributed by atoms with Crippen LogP contribution in [0.15, 0.2) is 18.2 Å². The second-order valence-electron chi connectivity index (χ2n) is 4.13. The molecule has 0 aliphatic heterocycles. The van der Waals surface area contributed by atoms with Crippen LogP contribution in [0.3, 0.4) is 0 Å². The molecule has 0 aliphatic carbocycles. The highest BCUT2D eigenvalue weighted by Gasteiger charge is 2.15. The standard InChI is InChI=1S/C10H14N6O3S/c11-9(12)6-2-1-3-7-8(6)16(17)10(15-7)14-4-5-20(13,18)19/h1-3,17H,4-5H2,(H3,11,12)(H,14,15)(H2,13,18,19). The van der Waals surface area contributed by atoms with Crippen LogP contribution in [0.4, 0.5) is 5.95 Å². The highest BCUT2D eigenvalue weighted by molar-refractivity contribution is 7.89. The maximum atomic E-state index is 10.8. The van der Waals surface area contributed by atoms with Crippen LogP contribution in [0.5, 0.6) is 0 Å². The van der Waals surface area contributed by atoms with Gasteiger partial charge in [0.05, 0.1) is 11.3 Å². The lowest BCUT2D eigenvalue weighted by atomic mass is 10.2. The maximum absolute atomic E-state index is 10.8. The third-order valence-corrected chi connectivity index (χ3v) is 3.39. The normalized spacial score (nSPS) is 11.7. The highest BCUT2D eigenvalue weighted by atomic mass is 32.2. The van der Waals surface area contributed by atoms with Gasteiger partial charge in [0.2, 0.25) is 16.0 Å². The van der Waals surface area contributed by atoms with E-state index in [9.17, 15) is 13.6 Å². The minimum Gasteiger partial charge on any atom is -0.425 e. The lowest BCUT2D eigenvalue weighted by molar-refractivity contribution is 0.203. The predicted octanol–water partition coefficient (Wildman–Crippen LogP) is -0.742. The zero-order chi connectivity index (χ0) is 14.9. The van der Waals surface area contributed by atoms with Gasteiger partial charge in [-0.1, -0.05) is 6.07 Å². The van der Waals surface area contributed by atoms with Gasteiger partial charge in [-0.3, -0.25) is 5.41 Å². The SMILES string of the molecule is N=C(N)c1cccc2nc(NCCS(N)(=O)=O)n(O)c12. The largest absolute Gasteiger partial charge is 0.425 e. The molecule has 10 heteroatoms. The van der Waals surface area contributed by atoms with Crippen LogP contribution in [0, 0.1) is 5.41 Å². The van der Waals surface area contributed by atoms with E-state index in [4.69, 9.17) is 16.3 Å². The van der Waals surface area contributed by atoms with E-state index < -0.39 is 10.0 Å². The molecule has 1 heterocycles. The Labute approximate surface area is 114 Å². The molecule has 0 spiro atoms. The first-order valence-electron chi connectivity index (χ1n) is 5.59. The van der Waals surface area contributed by atoms with Gasteiger partial charge in [-0.15, -0.1) is 4.73 Å². The number of hydrogen-bond donors (Lipinski definition) is 5. The lowest BCUT2D eigenvalue weighted by Crippen LogP contribution is -2.23. The van der Waals surface area contributed by atoms with Crippen molar-refractivity contribution in [2.75, 3.05) is 17.6 Å². The summed E-state index contributed by atoms with van der Waals surface area (Å²) in [6, 6.07) is 4.87. The number of fused-ring (bicyclic) bond motifs is 1. The summed E-state index contributed by atoms with van der Waals surface area (Å²) in [6.45, 7) is -0.00187. The van der Waals surface area contributed by atoms with Crippen LogP contribution in [0.2, 0.25) is 0 Å². The Bertz CT molecular complexity index is 767. The molecule has 0 amide bonds. The summed E-state index contributed by atoms with van der Waals surface area (Å²) in [4.78, 5) is 4.09. The summed E-state index contributed by atoms with van der Waals surface area (Å²) in [5.74, 6) is -0.449. The first-order valence-corrected chi connectivity index (χ1v) is 7.30. The predicted molar refractivity (Wildman–Crippen MR) is 74.4 cm³/mol. The number of aromatic nitrogens is 2. The van der Waals surface area contributed by atoms with E-state index in [0.29, 0.717) is 11.1 Å². The number of nitrogens with two attached hydrogens (primary N) is 2. The van der Waals surface area contributed by atoms with E-state index >= 15 is 0 Å². The molecule has 20 heavy (non-hydrogen) atoms. The Morgan fingerprint density at radius 1 is 1.50 bits per heavy atom. The maximum Gasteiger partial charge on any atom is 0.237 e. The molecule has 0 fully saturated rings. The van der Waals surface area contributed by atoms with Gasteiger partial charge in [-0.2, -0.15) is 0 Å². The molecular formula is C10H14N6O3S. The quantitative estimate of drug-likeness (QED) is 0.277. The number of nitrogen functional groups attached to an aromatic ring is 1. The molecule has 0 bridgehead atoms. The van der Waals surface area contributed by atoms with Gasteiger partial charge in [0.1, 0.15) is 11.4 Å². The van der Waals surface area contributed by atoms with Crippen LogP contribution < -0.4 is 16.2 Å². The topological polar surface area (TPSA) is 160 Å². The Hall–Kier alpha value is -2.33. The van der Waals surface area contributed by atoms with Crippen molar-refractivity contribution < 1.29 is 13.6 Å². The molecule has 0 atom stereocenters. The number of nitrogens with one attached hydrogen (secondary N) is 2. The van der Waals surface area contributed by atoms with Crippen LogP contribution in [-0.4, -0.2) is 41.5 Å². The van der Waals surface area contributed by atoms with Crippen molar-refractivity contribution in [3.05, 3.63) is 23.8 Å². The fourth-order valence-electron chi connectivity index (χ4n) is 1.75. The molecule has 2 aromatic rings. The molecule has 1 aromatic carbocycles. The van der Waals surface area contributed by atoms with Gasteiger partial charge < -0.3 is 16.3 Å². The minimum atomic E-state index is -3.59. The number of benzene rings is 1. The van der Waals surface area contributed by atoms with Crippen molar-refractivity contribution in [3.63, 3.8) is 0 Å². The number of sulfonamides is 1. The molecular weight excluding hydrogens is 284 g/mol. The number of primary sulfonamides is 1. The Morgan fingerprint density at radius 3 is 2.80 bits per heavy atom. The van der Waals surface area contributed by atoms with Gasteiger partial charge in [0.15, 0.2) is 0 Å². The first-order chi connectivity index (χ1) is 9.29. The summed E-state index contributed by atoms with van der Waals surface area (Å²) in [7, 11) is -3.59. The number of amidine groups is 1. The third kappa shape index (κ3) is 2.81. The molecule has 0 radical (unpaired) electrons. The summed E-state index contributed by atoms with van der Waals surface area (Å²) in [5.41, 5.74) is 6.47. The first kappa shape index (κ1) is 14.1. The molecule has 2 rings (SSSR count). The van der Waals surface area contributed by atoms with Crippen LogP contribution in [0.25, 0.3) is 11.0 Å². The fourth-order valence-corrected chi connectivity index (χ4v) is 2.13. The van der Waals surface area contributed by atoms with Crippen molar-refractivity contribution in [1.82, 2.24) is 9.71 Å². The molecule has 0 unspecified atom stereocenters. The molecule has 9 nitrogen and oxygen atoms in total. The molecule has 0 saturated carbocycles. The van der Waals surface area contributed by atoms with Gasteiger partial charge >= 0.3 is 0 Å². The third-order valence-electron chi connectivity index (χ3n) is 2.61. The average Bonchev–Trinajstić information content (AvgIpc) is 2.65. The Balaban J connectivity index is 2.35. The number of anilines is 1. The van der Waals surface area contributed by atoms with Crippen molar-refractivity contribution in [2.24, 2.45) is 10.9 Å². The molecule has 7 N–H and O–H groups in total. The summed E-state index contributed by atoms with van der Waals surface area (Å²) < 4.78 is 22.4.